The molecule has 0 N–H and O–H groups in total. The summed E-state index contributed by atoms with van der Waals surface area (Å²) in [4.78, 5) is 12.0. The van der Waals surface area contributed by atoms with Crippen LogP contribution in [0.4, 0.5) is 8.78 Å². The summed E-state index contributed by atoms with van der Waals surface area (Å²) in [5.41, 5.74) is 0.971. The average Bonchev–Trinajstić information content (AvgIpc) is 2.33. The molecule has 98 valence electrons. The minimum absolute atomic E-state index is 0.0705. The maximum Gasteiger partial charge on any atom is 0.170 e. The zero-order valence-electron chi connectivity index (χ0n) is 10.2. The third-order valence-corrected chi connectivity index (χ3v) is 3.30. The Balaban J connectivity index is 2.28. The van der Waals surface area contributed by atoms with Gasteiger partial charge in [-0.25, -0.2) is 8.78 Å². The molecule has 0 radical (unpaired) electrons. The number of ketones is 1. The summed E-state index contributed by atoms with van der Waals surface area (Å²) in [7, 11) is 0. The highest BCUT2D eigenvalue weighted by molar-refractivity contribution is 9.10. The molecule has 0 aliphatic heterocycles. The minimum Gasteiger partial charge on any atom is -0.294 e. The smallest absolute Gasteiger partial charge is 0.170 e. The molecule has 0 spiro atoms. The topological polar surface area (TPSA) is 17.1 Å². The Morgan fingerprint density at radius 2 is 1.89 bits per heavy atom. The number of carbonyl (C=O) groups is 1. The zero-order chi connectivity index (χ0) is 14.0. The molecule has 0 amide bonds. The molecule has 0 saturated carbocycles. The van der Waals surface area contributed by atoms with Gasteiger partial charge in [0.15, 0.2) is 5.78 Å². The van der Waals surface area contributed by atoms with Crippen molar-refractivity contribution < 1.29 is 13.6 Å². The molecule has 0 heterocycles. The number of carbonyl (C=O) groups excluding carboxylic acids is 1. The van der Waals surface area contributed by atoms with E-state index in [0.717, 1.165) is 16.1 Å². The van der Waals surface area contributed by atoms with E-state index < -0.39 is 11.6 Å². The van der Waals surface area contributed by atoms with Gasteiger partial charge in [0.05, 0.1) is 5.56 Å². The monoisotopic (exact) mass is 324 g/mol. The van der Waals surface area contributed by atoms with Crippen LogP contribution in [0, 0.1) is 18.6 Å². The number of Topliss-reactive ketones (excluding diaryl/α,β-unsaturated/α-hetero) is 1. The summed E-state index contributed by atoms with van der Waals surface area (Å²) >= 11 is 3.31. The lowest BCUT2D eigenvalue weighted by Crippen LogP contribution is -2.07. The van der Waals surface area contributed by atoms with Crippen LogP contribution in [0.3, 0.4) is 0 Å². The first-order valence-corrected chi connectivity index (χ1v) is 6.50. The number of hydrogen-bond acceptors (Lipinski definition) is 1. The highest BCUT2D eigenvalue weighted by Crippen LogP contribution is 2.18. The van der Waals surface area contributed by atoms with Crippen LogP contribution in [0.15, 0.2) is 40.9 Å². The third-order valence-electron chi connectivity index (χ3n) is 2.80. The second-order valence-electron chi connectivity index (χ2n) is 4.31. The number of hydrogen-bond donors (Lipinski definition) is 0. The van der Waals surface area contributed by atoms with Crippen molar-refractivity contribution >= 4 is 21.7 Å². The van der Waals surface area contributed by atoms with Crippen molar-refractivity contribution in [1.82, 2.24) is 0 Å². The van der Waals surface area contributed by atoms with Gasteiger partial charge in [-0.1, -0.05) is 28.1 Å². The fourth-order valence-corrected chi connectivity index (χ4v) is 2.25. The van der Waals surface area contributed by atoms with Crippen LogP contribution in [0.5, 0.6) is 0 Å². The molecule has 0 aliphatic rings. The van der Waals surface area contributed by atoms with E-state index >= 15 is 0 Å². The minimum atomic E-state index is -0.817. The van der Waals surface area contributed by atoms with Crippen molar-refractivity contribution in [2.75, 3.05) is 0 Å². The van der Waals surface area contributed by atoms with Crippen LogP contribution in [0.1, 0.15) is 21.5 Å². The molecule has 0 fully saturated rings. The number of aryl methyl sites for hydroxylation is 1. The molecule has 0 saturated heterocycles. The van der Waals surface area contributed by atoms with Gasteiger partial charge in [-0.05, 0) is 36.2 Å². The fourth-order valence-electron chi connectivity index (χ4n) is 1.80. The Labute approximate surface area is 118 Å². The first-order chi connectivity index (χ1) is 8.97. The lowest BCUT2D eigenvalue weighted by Gasteiger charge is -2.05. The molecular weight excluding hydrogens is 314 g/mol. The largest absolute Gasteiger partial charge is 0.294 e. The quantitative estimate of drug-likeness (QED) is 0.762. The lowest BCUT2D eigenvalue weighted by atomic mass is 10.0. The van der Waals surface area contributed by atoms with Crippen LogP contribution >= 0.6 is 15.9 Å². The zero-order valence-corrected chi connectivity index (χ0v) is 11.8. The van der Waals surface area contributed by atoms with Gasteiger partial charge in [0.25, 0.3) is 0 Å². The summed E-state index contributed by atoms with van der Waals surface area (Å²) < 4.78 is 27.6. The molecule has 0 bridgehead atoms. The summed E-state index contributed by atoms with van der Waals surface area (Å²) in [6.45, 7) is 1.50. The standard InChI is InChI=1S/C15H11BrF2O/c1-9-5-12(14(18)8-13(9)17)15(19)7-10-3-2-4-11(16)6-10/h2-6,8H,7H2,1H3. The predicted molar refractivity (Wildman–Crippen MR) is 73.3 cm³/mol. The Morgan fingerprint density at radius 1 is 1.16 bits per heavy atom. The van der Waals surface area contributed by atoms with E-state index in [-0.39, 0.29) is 23.3 Å². The van der Waals surface area contributed by atoms with Gasteiger partial charge in [-0.15, -0.1) is 0 Å². The average molecular weight is 325 g/mol. The van der Waals surface area contributed by atoms with Crippen LogP contribution in [0.25, 0.3) is 0 Å². The van der Waals surface area contributed by atoms with Crippen LogP contribution < -0.4 is 0 Å². The van der Waals surface area contributed by atoms with Gasteiger partial charge in [-0.2, -0.15) is 0 Å². The van der Waals surface area contributed by atoms with E-state index in [0.29, 0.717) is 0 Å². The summed E-state index contributed by atoms with van der Waals surface area (Å²) in [6.07, 6.45) is 0.0848. The van der Waals surface area contributed by atoms with Crippen molar-refractivity contribution in [1.29, 1.82) is 0 Å². The maximum atomic E-state index is 13.6. The highest BCUT2D eigenvalue weighted by atomic mass is 79.9. The maximum absolute atomic E-state index is 13.6. The van der Waals surface area contributed by atoms with E-state index in [4.69, 9.17) is 0 Å². The highest BCUT2D eigenvalue weighted by Gasteiger charge is 2.15. The first-order valence-electron chi connectivity index (χ1n) is 5.70. The lowest BCUT2D eigenvalue weighted by molar-refractivity contribution is 0.0989. The molecule has 4 heteroatoms. The van der Waals surface area contributed by atoms with Gasteiger partial charge in [0.1, 0.15) is 11.6 Å². The molecule has 0 aliphatic carbocycles. The normalized spacial score (nSPS) is 10.5. The summed E-state index contributed by atoms with van der Waals surface area (Å²) in [5.74, 6) is -1.82. The summed E-state index contributed by atoms with van der Waals surface area (Å²) in [6, 6.07) is 9.24. The second kappa shape index (κ2) is 5.61. The Bertz CT molecular complexity index is 638. The van der Waals surface area contributed by atoms with Gasteiger partial charge in [0, 0.05) is 17.0 Å². The van der Waals surface area contributed by atoms with Crippen LogP contribution in [-0.2, 0) is 6.42 Å². The van der Waals surface area contributed by atoms with Gasteiger partial charge in [0.2, 0.25) is 0 Å². The Hall–Kier alpha value is -1.55. The molecule has 0 atom stereocenters. The molecule has 0 aromatic heterocycles. The SMILES string of the molecule is Cc1cc(C(=O)Cc2cccc(Br)c2)c(F)cc1F. The summed E-state index contributed by atoms with van der Waals surface area (Å²) in [5, 5.41) is 0. The van der Waals surface area contributed by atoms with E-state index in [1.54, 1.807) is 18.2 Å². The molecule has 2 rings (SSSR count). The molecular formula is C15H11BrF2O. The molecule has 2 aromatic rings. The van der Waals surface area contributed by atoms with Crippen LogP contribution in [-0.4, -0.2) is 5.78 Å². The van der Waals surface area contributed by atoms with Crippen molar-refractivity contribution in [2.24, 2.45) is 0 Å². The van der Waals surface area contributed by atoms with Gasteiger partial charge >= 0.3 is 0 Å². The van der Waals surface area contributed by atoms with Gasteiger partial charge < -0.3 is 0 Å². The van der Waals surface area contributed by atoms with Crippen LogP contribution in [0.2, 0.25) is 0 Å². The third kappa shape index (κ3) is 3.26. The molecule has 0 unspecified atom stereocenters. The van der Waals surface area contributed by atoms with E-state index in [1.165, 1.54) is 13.0 Å². The van der Waals surface area contributed by atoms with Crippen molar-refractivity contribution in [2.45, 2.75) is 13.3 Å². The fraction of sp³-hybridized carbons (Fsp3) is 0.133. The first kappa shape index (κ1) is 13.9. The number of benzene rings is 2. The predicted octanol–water partition coefficient (Wildman–Crippen LogP) is 4.46. The second-order valence-corrected chi connectivity index (χ2v) is 5.23. The van der Waals surface area contributed by atoms with Crippen molar-refractivity contribution in [3.05, 3.63) is 69.2 Å². The van der Waals surface area contributed by atoms with E-state index in [2.05, 4.69) is 15.9 Å². The van der Waals surface area contributed by atoms with Gasteiger partial charge in [-0.3, -0.25) is 4.79 Å². The number of halogens is 3. The van der Waals surface area contributed by atoms with Crippen molar-refractivity contribution in [3.8, 4) is 0 Å². The number of rotatable bonds is 3. The van der Waals surface area contributed by atoms with E-state index in [1.807, 2.05) is 6.07 Å². The van der Waals surface area contributed by atoms with E-state index in [9.17, 15) is 13.6 Å². The molecule has 1 nitrogen and oxygen atoms in total. The molecule has 19 heavy (non-hydrogen) atoms. The molecule has 2 aromatic carbocycles. The Morgan fingerprint density at radius 3 is 2.58 bits per heavy atom. The van der Waals surface area contributed by atoms with Crippen molar-refractivity contribution in [3.63, 3.8) is 0 Å². The Kier molecular flexibility index (Phi) is 4.10.